The van der Waals surface area contributed by atoms with Crippen LogP contribution < -0.4 is 5.32 Å². The van der Waals surface area contributed by atoms with Crippen molar-refractivity contribution in [3.8, 4) is 5.69 Å². The van der Waals surface area contributed by atoms with Gasteiger partial charge in [0.1, 0.15) is 0 Å². The molecule has 2 fully saturated rings. The van der Waals surface area contributed by atoms with Crippen molar-refractivity contribution < 1.29 is 0 Å². The van der Waals surface area contributed by atoms with E-state index in [-0.39, 0.29) is 0 Å². The number of anilines is 1. The van der Waals surface area contributed by atoms with Crippen LogP contribution in [-0.4, -0.2) is 39.4 Å². The normalized spacial score (nSPS) is 26.1. The maximum Gasteiger partial charge on any atom is 0.0876 e. The summed E-state index contributed by atoms with van der Waals surface area (Å²) < 4.78 is 1.93. The van der Waals surface area contributed by atoms with E-state index in [1.807, 2.05) is 23.1 Å². The van der Waals surface area contributed by atoms with E-state index in [0.717, 1.165) is 11.7 Å². The van der Waals surface area contributed by atoms with Crippen molar-refractivity contribution in [2.45, 2.75) is 44.3 Å². The first-order chi connectivity index (χ1) is 10.3. The fourth-order valence-corrected chi connectivity index (χ4v) is 3.50. The Bertz CT molecular complexity index is 603. The van der Waals surface area contributed by atoms with Crippen molar-refractivity contribution in [2.75, 3.05) is 11.9 Å². The molecule has 21 heavy (non-hydrogen) atoms. The number of hydrogen-bond acceptors (Lipinski definition) is 3. The predicted octanol–water partition coefficient (Wildman–Crippen LogP) is 2.91. The maximum absolute atomic E-state index is 4.36. The van der Waals surface area contributed by atoms with Crippen LogP contribution >= 0.6 is 0 Å². The molecule has 1 saturated carbocycles. The zero-order valence-corrected chi connectivity index (χ0v) is 12.4. The van der Waals surface area contributed by atoms with E-state index in [0.29, 0.717) is 12.1 Å². The highest BCUT2D eigenvalue weighted by Crippen LogP contribution is 2.34. The molecule has 110 valence electrons. The van der Waals surface area contributed by atoms with Gasteiger partial charge < -0.3 is 5.32 Å². The topological polar surface area (TPSA) is 33.1 Å². The van der Waals surface area contributed by atoms with Gasteiger partial charge in [-0.05, 0) is 44.4 Å². The molecule has 1 aromatic heterocycles. The van der Waals surface area contributed by atoms with Gasteiger partial charge in [0.25, 0.3) is 0 Å². The lowest BCUT2D eigenvalue weighted by Gasteiger charge is -2.20. The third kappa shape index (κ3) is 2.56. The third-order valence-corrected chi connectivity index (χ3v) is 4.65. The molecule has 0 bridgehead atoms. The van der Waals surface area contributed by atoms with Crippen molar-refractivity contribution in [3.63, 3.8) is 0 Å². The number of nitrogens with zero attached hydrogens (tertiary/aromatic N) is 3. The Kier molecular flexibility index (Phi) is 3.19. The lowest BCUT2D eigenvalue weighted by Crippen LogP contribution is -2.31. The number of aromatic nitrogens is 2. The van der Waals surface area contributed by atoms with Crippen LogP contribution in [-0.2, 0) is 0 Å². The van der Waals surface area contributed by atoms with Crippen LogP contribution in [0.1, 0.15) is 26.2 Å². The van der Waals surface area contributed by atoms with Gasteiger partial charge in [0, 0.05) is 37.1 Å². The van der Waals surface area contributed by atoms with Gasteiger partial charge in [0.15, 0.2) is 0 Å². The molecule has 1 saturated heterocycles. The lowest BCUT2D eigenvalue weighted by atomic mass is 10.1. The molecule has 4 heteroatoms. The van der Waals surface area contributed by atoms with Gasteiger partial charge >= 0.3 is 0 Å². The summed E-state index contributed by atoms with van der Waals surface area (Å²) >= 11 is 0. The summed E-state index contributed by atoms with van der Waals surface area (Å²) in [5.74, 6) is 0. The minimum Gasteiger partial charge on any atom is -0.379 e. The molecule has 1 aliphatic heterocycles. The second-order valence-corrected chi connectivity index (χ2v) is 6.32. The minimum atomic E-state index is 0.539. The smallest absolute Gasteiger partial charge is 0.0876 e. The molecule has 0 spiro atoms. The highest BCUT2D eigenvalue weighted by atomic mass is 15.3. The maximum atomic E-state index is 4.36. The second kappa shape index (κ2) is 5.19. The molecule has 2 unspecified atom stereocenters. The molecule has 2 atom stereocenters. The Morgan fingerprint density at radius 2 is 2.05 bits per heavy atom. The first-order valence-electron chi connectivity index (χ1n) is 7.92. The fourth-order valence-electron chi connectivity index (χ4n) is 3.50. The molecule has 0 amide bonds. The van der Waals surface area contributed by atoms with Gasteiger partial charge in [-0.2, -0.15) is 5.10 Å². The molecule has 2 heterocycles. The van der Waals surface area contributed by atoms with Crippen LogP contribution in [0.15, 0.2) is 42.7 Å². The van der Waals surface area contributed by atoms with Crippen molar-refractivity contribution in [3.05, 3.63) is 42.7 Å². The number of nitrogens with one attached hydrogen (secondary N) is 1. The van der Waals surface area contributed by atoms with Crippen molar-refractivity contribution in [2.24, 2.45) is 0 Å². The summed E-state index contributed by atoms with van der Waals surface area (Å²) in [5.41, 5.74) is 2.30. The number of para-hydroxylation sites is 2. The van der Waals surface area contributed by atoms with Gasteiger partial charge in [-0.25, -0.2) is 4.68 Å². The Balaban J connectivity index is 1.53. The first-order valence-corrected chi connectivity index (χ1v) is 7.92. The number of rotatable bonds is 4. The van der Waals surface area contributed by atoms with Crippen LogP contribution in [0.3, 0.4) is 0 Å². The monoisotopic (exact) mass is 282 g/mol. The van der Waals surface area contributed by atoms with Gasteiger partial charge in [-0.1, -0.05) is 12.1 Å². The number of benzene rings is 1. The van der Waals surface area contributed by atoms with Crippen molar-refractivity contribution in [1.29, 1.82) is 0 Å². The Morgan fingerprint density at radius 1 is 1.19 bits per heavy atom. The van der Waals surface area contributed by atoms with E-state index in [1.165, 1.54) is 31.5 Å². The average Bonchev–Trinajstić information content (AvgIpc) is 3.05. The molecule has 2 aliphatic rings. The van der Waals surface area contributed by atoms with E-state index < -0.39 is 0 Å². The fraction of sp³-hybridized carbons (Fsp3) is 0.471. The molecule has 1 aromatic carbocycles. The SMILES string of the molecule is CC1CC(Nc2ccccc2-n2cccn2)CN1C1CC1. The summed E-state index contributed by atoms with van der Waals surface area (Å²) in [6.45, 7) is 3.53. The predicted molar refractivity (Wildman–Crippen MR) is 84.8 cm³/mol. The van der Waals surface area contributed by atoms with E-state index in [9.17, 15) is 0 Å². The highest BCUT2D eigenvalue weighted by molar-refractivity contribution is 5.61. The summed E-state index contributed by atoms with van der Waals surface area (Å²) in [4.78, 5) is 2.67. The van der Waals surface area contributed by atoms with Crippen LogP contribution in [0.5, 0.6) is 0 Å². The summed E-state index contributed by atoms with van der Waals surface area (Å²) in [5, 5.41) is 8.09. The molecular formula is C17H22N4. The van der Waals surface area contributed by atoms with Gasteiger partial charge in [0.05, 0.1) is 11.4 Å². The van der Waals surface area contributed by atoms with Gasteiger partial charge in [-0.15, -0.1) is 0 Å². The van der Waals surface area contributed by atoms with Crippen LogP contribution in [0, 0.1) is 0 Å². The third-order valence-electron chi connectivity index (χ3n) is 4.65. The Labute approximate surface area is 125 Å². The molecule has 0 radical (unpaired) electrons. The van der Waals surface area contributed by atoms with E-state index in [1.54, 1.807) is 0 Å². The zero-order chi connectivity index (χ0) is 14.2. The lowest BCUT2D eigenvalue weighted by molar-refractivity contribution is 0.257. The molecule has 1 aliphatic carbocycles. The van der Waals surface area contributed by atoms with Crippen molar-refractivity contribution in [1.82, 2.24) is 14.7 Å². The van der Waals surface area contributed by atoms with Crippen LogP contribution in [0.25, 0.3) is 5.69 Å². The summed E-state index contributed by atoms with van der Waals surface area (Å²) in [6, 6.07) is 12.5. The molecule has 2 aromatic rings. The molecule has 1 N–H and O–H groups in total. The highest BCUT2D eigenvalue weighted by Gasteiger charge is 2.38. The summed E-state index contributed by atoms with van der Waals surface area (Å²) in [7, 11) is 0. The Hall–Kier alpha value is -1.81. The first kappa shape index (κ1) is 12.9. The van der Waals surface area contributed by atoms with Crippen LogP contribution in [0.4, 0.5) is 5.69 Å². The Morgan fingerprint density at radius 3 is 2.81 bits per heavy atom. The zero-order valence-electron chi connectivity index (χ0n) is 12.4. The molecular weight excluding hydrogens is 260 g/mol. The minimum absolute atomic E-state index is 0.539. The number of likely N-dealkylation sites (tertiary alicyclic amines) is 1. The quantitative estimate of drug-likeness (QED) is 0.936. The largest absolute Gasteiger partial charge is 0.379 e. The van der Waals surface area contributed by atoms with Gasteiger partial charge in [0.2, 0.25) is 0 Å². The van der Waals surface area contributed by atoms with Crippen LogP contribution in [0.2, 0.25) is 0 Å². The molecule has 4 nitrogen and oxygen atoms in total. The van der Waals surface area contributed by atoms with E-state index in [2.05, 4.69) is 46.5 Å². The van der Waals surface area contributed by atoms with E-state index >= 15 is 0 Å². The average molecular weight is 282 g/mol. The van der Waals surface area contributed by atoms with Crippen molar-refractivity contribution >= 4 is 5.69 Å². The summed E-state index contributed by atoms with van der Waals surface area (Å²) in [6.07, 6.45) is 7.82. The standard InChI is InChI=1S/C17H22N4/c1-13-11-14(12-20(13)15-7-8-15)19-16-5-2-3-6-17(16)21-10-4-9-18-21/h2-6,9-10,13-15,19H,7-8,11-12H2,1H3. The molecule has 4 rings (SSSR count). The second-order valence-electron chi connectivity index (χ2n) is 6.32. The van der Waals surface area contributed by atoms with E-state index in [4.69, 9.17) is 0 Å². The van der Waals surface area contributed by atoms with Gasteiger partial charge in [-0.3, -0.25) is 4.90 Å². The number of hydrogen-bond donors (Lipinski definition) is 1.